The lowest BCUT2D eigenvalue weighted by Gasteiger charge is -2.06. The van der Waals surface area contributed by atoms with Crippen LogP contribution in [0.3, 0.4) is 0 Å². The van der Waals surface area contributed by atoms with Crippen molar-refractivity contribution in [2.45, 2.75) is 19.1 Å². The second-order valence-corrected chi connectivity index (χ2v) is 6.81. The van der Waals surface area contributed by atoms with Gasteiger partial charge in [0.05, 0.1) is 12.0 Å². The summed E-state index contributed by atoms with van der Waals surface area (Å²) in [6, 6.07) is 9.91. The van der Waals surface area contributed by atoms with Gasteiger partial charge in [-0.2, -0.15) is 11.8 Å². The smallest absolute Gasteiger partial charge is 0.255 e. The van der Waals surface area contributed by atoms with Gasteiger partial charge < -0.3 is 10.3 Å². The fraction of sp³-hybridized carbons (Fsp3) is 0.278. The maximum absolute atomic E-state index is 12.2. The Morgan fingerprint density at radius 1 is 1.15 bits per heavy atom. The highest BCUT2D eigenvalue weighted by Gasteiger charge is 2.04. The molecule has 0 aliphatic carbocycles. The molecule has 0 fully saturated rings. The van der Waals surface area contributed by atoms with E-state index in [1.807, 2.05) is 37.3 Å². The number of imidazole rings is 1. The fourth-order valence-corrected chi connectivity index (χ4v) is 3.27. The summed E-state index contributed by atoms with van der Waals surface area (Å²) < 4.78 is 0. The van der Waals surface area contributed by atoms with Crippen molar-refractivity contribution in [3.8, 4) is 0 Å². The minimum Gasteiger partial charge on any atom is -0.355 e. The summed E-state index contributed by atoms with van der Waals surface area (Å²) >= 11 is 1.79. The zero-order valence-electron chi connectivity index (χ0n) is 14.9. The van der Waals surface area contributed by atoms with Crippen LogP contribution < -0.4 is 10.9 Å². The first kappa shape index (κ1) is 23.1. The monoisotopic (exact) mass is 427 g/mol. The average molecular weight is 428 g/mol. The molecule has 0 aliphatic heterocycles. The van der Waals surface area contributed by atoms with Crippen LogP contribution in [0.15, 0.2) is 47.7 Å². The summed E-state index contributed by atoms with van der Waals surface area (Å²) in [5.74, 6) is 2.29. The predicted octanol–water partition coefficient (Wildman–Crippen LogP) is 3.58. The molecule has 0 aliphatic rings. The Kier molecular flexibility index (Phi) is 9.99. The molecular formula is C18H23Cl2N5OS. The number of nitrogens with zero attached hydrogens (tertiary/aromatic N) is 2. The van der Waals surface area contributed by atoms with Crippen LogP contribution in [-0.2, 0) is 12.2 Å². The molecule has 0 saturated heterocycles. The van der Waals surface area contributed by atoms with Crippen molar-refractivity contribution in [3.63, 3.8) is 0 Å². The van der Waals surface area contributed by atoms with Crippen LogP contribution in [0.25, 0.3) is 0 Å². The largest absolute Gasteiger partial charge is 0.355 e. The second kappa shape index (κ2) is 11.7. The standard InChI is InChI=1S/C18H21N5OS.2ClH/c1-13-16(22-12-21-13)11-25-8-7-19-18-20-10-15(17(24)23-18)9-14-5-3-2-4-6-14;;/h2-6,10,12H,7-9,11H2,1H3,(H,21,22)(H2,19,20,23,24);2*1H. The molecular weight excluding hydrogens is 405 g/mol. The summed E-state index contributed by atoms with van der Waals surface area (Å²) in [5.41, 5.74) is 3.86. The molecule has 146 valence electrons. The number of halogens is 2. The number of benzene rings is 1. The number of aryl methyl sites for hydroxylation is 1. The SMILES string of the molecule is Cc1[nH]cnc1CSCCNc1ncc(Cc2ccccc2)c(=O)[nH]1.Cl.Cl. The third-order valence-corrected chi connectivity index (χ3v) is 4.79. The van der Waals surface area contributed by atoms with Gasteiger partial charge in [0.2, 0.25) is 5.95 Å². The van der Waals surface area contributed by atoms with Gasteiger partial charge in [0.25, 0.3) is 5.56 Å². The second-order valence-electron chi connectivity index (χ2n) is 5.70. The molecule has 27 heavy (non-hydrogen) atoms. The molecule has 6 nitrogen and oxygen atoms in total. The number of aromatic amines is 2. The minimum absolute atomic E-state index is 0. The number of hydrogen-bond donors (Lipinski definition) is 3. The maximum Gasteiger partial charge on any atom is 0.255 e. The molecule has 0 spiro atoms. The Labute approximate surface area is 174 Å². The first-order valence-corrected chi connectivity index (χ1v) is 9.30. The van der Waals surface area contributed by atoms with Gasteiger partial charge >= 0.3 is 0 Å². The maximum atomic E-state index is 12.2. The van der Waals surface area contributed by atoms with Gasteiger partial charge in [-0.15, -0.1) is 24.8 Å². The third kappa shape index (κ3) is 6.93. The summed E-state index contributed by atoms with van der Waals surface area (Å²) in [7, 11) is 0. The summed E-state index contributed by atoms with van der Waals surface area (Å²) in [6.07, 6.45) is 3.95. The lowest BCUT2D eigenvalue weighted by molar-refractivity contribution is 1.01. The summed E-state index contributed by atoms with van der Waals surface area (Å²) in [5, 5.41) is 3.16. The van der Waals surface area contributed by atoms with Crippen LogP contribution in [0.4, 0.5) is 5.95 Å². The van der Waals surface area contributed by atoms with E-state index >= 15 is 0 Å². The van der Waals surface area contributed by atoms with Crippen LogP contribution in [0.5, 0.6) is 0 Å². The van der Waals surface area contributed by atoms with E-state index in [9.17, 15) is 4.79 Å². The molecule has 3 aromatic rings. The van der Waals surface area contributed by atoms with Crippen LogP contribution in [0, 0.1) is 6.92 Å². The Morgan fingerprint density at radius 2 is 1.93 bits per heavy atom. The van der Waals surface area contributed by atoms with Crippen molar-refractivity contribution in [3.05, 3.63) is 75.7 Å². The van der Waals surface area contributed by atoms with Gasteiger partial charge in [-0.25, -0.2) is 9.97 Å². The zero-order chi connectivity index (χ0) is 17.5. The molecule has 2 aromatic heterocycles. The molecule has 2 heterocycles. The van der Waals surface area contributed by atoms with Crippen molar-refractivity contribution in [2.24, 2.45) is 0 Å². The topological polar surface area (TPSA) is 86.5 Å². The highest BCUT2D eigenvalue weighted by atomic mass is 35.5. The van der Waals surface area contributed by atoms with Crippen molar-refractivity contribution >= 4 is 42.5 Å². The molecule has 0 amide bonds. The lowest BCUT2D eigenvalue weighted by Crippen LogP contribution is -2.18. The Morgan fingerprint density at radius 3 is 2.59 bits per heavy atom. The normalized spacial score (nSPS) is 9.96. The van der Waals surface area contributed by atoms with E-state index in [1.165, 1.54) is 0 Å². The molecule has 3 N–H and O–H groups in total. The minimum atomic E-state index is -0.0962. The predicted molar refractivity (Wildman–Crippen MR) is 117 cm³/mol. The van der Waals surface area contributed by atoms with Crippen LogP contribution >= 0.6 is 36.6 Å². The van der Waals surface area contributed by atoms with E-state index in [2.05, 4.69) is 25.3 Å². The first-order valence-electron chi connectivity index (χ1n) is 8.15. The third-order valence-electron chi connectivity index (χ3n) is 3.82. The number of anilines is 1. The lowest BCUT2D eigenvalue weighted by atomic mass is 10.1. The van der Waals surface area contributed by atoms with Gasteiger partial charge in [-0.1, -0.05) is 30.3 Å². The Bertz CT molecular complexity index is 869. The van der Waals surface area contributed by atoms with Crippen LogP contribution in [0.2, 0.25) is 0 Å². The highest BCUT2D eigenvalue weighted by molar-refractivity contribution is 7.98. The highest BCUT2D eigenvalue weighted by Crippen LogP contribution is 2.12. The fourth-order valence-electron chi connectivity index (χ4n) is 2.40. The van der Waals surface area contributed by atoms with E-state index in [0.717, 1.165) is 35.0 Å². The van der Waals surface area contributed by atoms with Crippen molar-refractivity contribution in [2.75, 3.05) is 17.6 Å². The van der Waals surface area contributed by atoms with Gasteiger partial charge in [0.1, 0.15) is 0 Å². The molecule has 9 heteroatoms. The first-order chi connectivity index (χ1) is 12.2. The number of H-pyrrole nitrogens is 2. The van der Waals surface area contributed by atoms with Gasteiger partial charge in [-0.05, 0) is 12.5 Å². The van der Waals surface area contributed by atoms with Gasteiger partial charge in [0.15, 0.2) is 0 Å². The van der Waals surface area contributed by atoms with E-state index in [4.69, 9.17) is 0 Å². The average Bonchev–Trinajstić information content (AvgIpc) is 3.03. The number of aromatic nitrogens is 4. The molecule has 3 rings (SSSR count). The quantitative estimate of drug-likeness (QED) is 0.478. The van der Waals surface area contributed by atoms with Crippen molar-refractivity contribution < 1.29 is 0 Å². The molecule has 0 saturated carbocycles. The Balaban J connectivity index is 0.00000182. The zero-order valence-corrected chi connectivity index (χ0v) is 17.3. The van der Waals surface area contributed by atoms with Crippen molar-refractivity contribution in [1.82, 2.24) is 19.9 Å². The molecule has 0 radical (unpaired) electrons. The van der Waals surface area contributed by atoms with Crippen LogP contribution in [-0.4, -0.2) is 32.2 Å². The number of nitrogens with one attached hydrogen (secondary N) is 3. The molecule has 0 unspecified atom stereocenters. The number of thioether (sulfide) groups is 1. The van der Waals surface area contributed by atoms with Crippen LogP contribution in [0.1, 0.15) is 22.5 Å². The summed E-state index contributed by atoms with van der Waals surface area (Å²) in [6.45, 7) is 2.75. The van der Waals surface area contributed by atoms with E-state index in [-0.39, 0.29) is 30.4 Å². The molecule has 0 bridgehead atoms. The molecule has 1 aromatic carbocycles. The number of rotatable bonds is 8. The summed E-state index contributed by atoms with van der Waals surface area (Å²) in [4.78, 5) is 26.6. The van der Waals surface area contributed by atoms with Gasteiger partial charge in [-0.3, -0.25) is 9.78 Å². The molecule has 0 atom stereocenters. The number of hydrogen-bond acceptors (Lipinski definition) is 5. The van der Waals surface area contributed by atoms with E-state index in [0.29, 0.717) is 17.9 Å². The Hall–Kier alpha value is -1.96. The van der Waals surface area contributed by atoms with Gasteiger partial charge in [0, 0.05) is 41.9 Å². The van der Waals surface area contributed by atoms with E-state index in [1.54, 1.807) is 24.3 Å². The van der Waals surface area contributed by atoms with Crippen molar-refractivity contribution in [1.29, 1.82) is 0 Å². The van der Waals surface area contributed by atoms with E-state index < -0.39 is 0 Å².